The molecule has 1 aromatic heterocycles. The molecule has 1 fully saturated rings. The van der Waals surface area contributed by atoms with Crippen LogP contribution in [-0.2, 0) is 4.74 Å². The highest BCUT2D eigenvalue weighted by molar-refractivity contribution is 5.91. The number of rotatable bonds is 1. The highest BCUT2D eigenvalue weighted by Gasteiger charge is 2.27. The smallest absolute Gasteiger partial charge is 0.292 e. The molecule has 2 heterocycles. The van der Waals surface area contributed by atoms with E-state index in [1.54, 1.807) is 17.9 Å². The maximum Gasteiger partial charge on any atom is 0.292 e. The van der Waals surface area contributed by atoms with Crippen molar-refractivity contribution in [2.24, 2.45) is 0 Å². The van der Waals surface area contributed by atoms with Gasteiger partial charge in [-0.1, -0.05) is 5.16 Å². The van der Waals surface area contributed by atoms with Crippen LogP contribution < -0.4 is 0 Å². The Balaban J connectivity index is 2.13. The zero-order valence-corrected chi connectivity index (χ0v) is 8.90. The summed E-state index contributed by atoms with van der Waals surface area (Å²) in [6.07, 6.45) is 0. The summed E-state index contributed by atoms with van der Waals surface area (Å²) in [5, 5.41) is 3.70. The molecule has 1 aliphatic heterocycles. The Labute approximate surface area is 88.0 Å². The van der Waals surface area contributed by atoms with Crippen LogP contribution in [0.5, 0.6) is 0 Å². The lowest BCUT2D eigenvalue weighted by atomic mass is 10.2. The average Bonchev–Trinajstić information content (AvgIpc) is 2.65. The molecule has 1 unspecified atom stereocenters. The Bertz CT molecular complexity index is 361. The fourth-order valence-electron chi connectivity index (χ4n) is 1.63. The van der Waals surface area contributed by atoms with Gasteiger partial charge in [0, 0.05) is 12.6 Å². The van der Waals surface area contributed by atoms with E-state index in [9.17, 15) is 4.79 Å². The zero-order valence-electron chi connectivity index (χ0n) is 8.90. The summed E-state index contributed by atoms with van der Waals surface area (Å²) in [5.41, 5.74) is 0.722. The molecule has 1 atom stereocenters. The highest BCUT2D eigenvalue weighted by Crippen LogP contribution is 2.12. The SMILES string of the molecule is Cc1cc(C(=O)N2CCOCC2C)on1. The molecule has 0 N–H and O–H groups in total. The number of aryl methyl sites for hydroxylation is 1. The van der Waals surface area contributed by atoms with E-state index in [0.29, 0.717) is 25.5 Å². The van der Waals surface area contributed by atoms with Crippen LogP contribution in [0.3, 0.4) is 0 Å². The van der Waals surface area contributed by atoms with Crippen molar-refractivity contribution >= 4 is 5.91 Å². The minimum absolute atomic E-state index is 0.0941. The lowest BCUT2D eigenvalue weighted by Gasteiger charge is -2.32. The van der Waals surface area contributed by atoms with Crippen LogP contribution in [0, 0.1) is 6.92 Å². The van der Waals surface area contributed by atoms with Gasteiger partial charge in [-0.05, 0) is 13.8 Å². The number of nitrogens with zero attached hydrogens (tertiary/aromatic N) is 2. The highest BCUT2D eigenvalue weighted by atomic mass is 16.5. The van der Waals surface area contributed by atoms with Crippen molar-refractivity contribution in [2.45, 2.75) is 19.9 Å². The van der Waals surface area contributed by atoms with Gasteiger partial charge in [-0.3, -0.25) is 4.79 Å². The number of hydrogen-bond acceptors (Lipinski definition) is 4. The van der Waals surface area contributed by atoms with Crippen molar-refractivity contribution in [1.82, 2.24) is 10.1 Å². The lowest BCUT2D eigenvalue weighted by Crippen LogP contribution is -2.47. The Kier molecular flexibility index (Phi) is 2.73. The quantitative estimate of drug-likeness (QED) is 0.689. The zero-order chi connectivity index (χ0) is 10.8. The number of hydrogen-bond donors (Lipinski definition) is 0. The molecule has 2 rings (SSSR count). The maximum absolute atomic E-state index is 12.0. The van der Waals surface area contributed by atoms with Crippen LogP contribution in [0.15, 0.2) is 10.6 Å². The van der Waals surface area contributed by atoms with E-state index in [4.69, 9.17) is 9.26 Å². The predicted octanol–water partition coefficient (Wildman–Crippen LogP) is 0.844. The van der Waals surface area contributed by atoms with Gasteiger partial charge in [0.2, 0.25) is 5.76 Å². The second-order valence-corrected chi connectivity index (χ2v) is 3.76. The Morgan fingerprint density at radius 2 is 2.47 bits per heavy atom. The molecule has 82 valence electrons. The maximum atomic E-state index is 12.0. The third-order valence-corrected chi connectivity index (χ3v) is 2.47. The fourth-order valence-corrected chi connectivity index (χ4v) is 1.63. The van der Waals surface area contributed by atoms with Crippen LogP contribution in [0.4, 0.5) is 0 Å². The summed E-state index contributed by atoms with van der Waals surface area (Å²) in [6.45, 7) is 5.53. The number of amides is 1. The van der Waals surface area contributed by atoms with E-state index < -0.39 is 0 Å². The van der Waals surface area contributed by atoms with Crippen molar-refractivity contribution in [3.05, 3.63) is 17.5 Å². The first kappa shape index (κ1) is 10.2. The lowest BCUT2D eigenvalue weighted by molar-refractivity contribution is 0.00155. The van der Waals surface area contributed by atoms with Gasteiger partial charge < -0.3 is 14.2 Å². The van der Waals surface area contributed by atoms with Gasteiger partial charge in [-0.25, -0.2) is 0 Å². The molecule has 15 heavy (non-hydrogen) atoms. The van der Waals surface area contributed by atoms with E-state index >= 15 is 0 Å². The predicted molar refractivity (Wildman–Crippen MR) is 52.6 cm³/mol. The first-order valence-electron chi connectivity index (χ1n) is 5.00. The molecule has 1 amide bonds. The van der Waals surface area contributed by atoms with Crippen molar-refractivity contribution < 1.29 is 14.1 Å². The Morgan fingerprint density at radius 3 is 3.07 bits per heavy atom. The molecular weight excluding hydrogens is 196 g/mol. The largest absolute Gasteiger partial charge is 0.377 e. The van der Waals surface area contributed by atoms with Crippen molar-refractivity contribution in [3.8, 4) is 0 Å². The third-order valence-electron chi connectivity index (χ3n) is 2.47. The second-order valence-electron chi connectivity index (χ2n) is 3.76. The van der Waals surface area contributed by atoms with Gasteiger partial charge in [0.15, 0.2) is 0 Å². The molecule has 0 aliphatic carbocycles. The second kappa shape index (κ2) is 4.02. The van der Waals surface area contributed by atoms with Crippen LogP contribution in [0.2, 0.25) is 0 Å². The molecule has 1 saturated heterocycles. The minimum Gasteiger partial charge on any atom is -0.377 e. The van der Waals surface area contributed by atoms with Gasteiger partial charge in [-0.15, -0.1) is 0 Å². The molecule has 0 bridgehead atoms. The third kappa shape index (κ3) is 2.02. The number of carbonyl (C=O) groups is 1. The Hall–Kier alpha value is -1.36. The first-order valence-corrected chi connectivity index (χ1v) is 5.00. The summed E-state index contributed by atoms with van der Waals surface area (Å²) in [6, 6.07) is 1.75. The molecule has 1 aromatic rings. The number of aromatic nitrogens is 1. The monoisotopic (exact) mass is 210 g/mol. The van der Waals surface area contributed by atoms with Gasteiger partial charge in [0.05, 0.1) is 24.9 Å². The summed E-state index contributed by atoms with van der Waals surface area (Å²) in [5.74, 6) is 0.202. The van der Waals surface area contributed by atoms with E-state index in [1.807, 2.05) is 6.92 Å². The van der Waals surface area contributed by atoms with Gasteiger partial charge in [-0.2, -0.15) is 0 Å². The summed E-state index contributed by atoms with van der Waals surface area (Å²) >= 11 is 0. The number of ether oxygens (including phenoxy) is 1. The molecule has 0 spiro atoms. The molecular formula is C10H14N2O3. The topological polar surface area (TPSA) is 55.6 Å². The van der Waals surface area contributed by atoms with Crippen molar-refractivity contribution in [1.29, 1.82) is 0 Å². The molecule has 1 aliphatic rings. The first-order chi connectivity index (χ1) is 7.18. The van der Waals surface area contributed by atoms with Crippen LogP contribution in [-0.4, -0.2) is 41.8 Å². The Morgan fingerprint density at radius 1 is 1.67 bits per heavy atom. The number of morpholine rings is 1. The minimum atomic E-state index is -0.105. The van der Waals surface area contributed by atoms with E-state index in [0.717, 1.165) is 5.69 Å². The standard InChI is InChI=1S/C10H14N2O3/c1-7-5-9(15-11-7)10(13)12-3-4-14-6-8(12)2/h5,8H,3-4,6H2,1-2H3. The normalized spacial score (nSPS) is 21.7. The van der Waals surface area contributed by atoms with Crippen molar-refractivity contribution in [2.75, 3.05) is 19.8 Å². The molecule has 0 aromatic carbocycles. The summed E-state index contributed by atoms with van der Waals surface area (Å²) in [4.78, 5) is 13.7. The molecule has 0 saturated carbocycles. The van der Waals surface area contributed by atoms with Gasteiger partial charge in [0.1, 0.15) is 0 Å². The van der Waals surface area contributed by atoms with Gasteiger partial charge in [0.25, 0.3) is 5.91 Å². The summed E-state index contributed by atoms with van der Waals surface area (Å²) in [7, 11) is 0. The van der Waals surface area contributed by atoms with Gasteiger partial charge >= 0.3 is 0 Å². The molecule has 0 radical (unpaired) electrons. The van der Waals surface area contributed by atoms with Crippen LogP contribution in [0.1, 0.15) is 23.2 Å². The van der Waals surface area contributed by atoms with Crippen molar-refractivity contribution in [3.63, 3.8) is 0 Å². The molecule has 5 heteroatoms. The molecule has 5 nitrogen and oxygen atoms in total. The van der Waals surface area contributed by atoms with Crippen LogP contribution in [0.25, 0.3) is 0 Å². The fraction of sp³-hybridized carbons (Fsp3) is 0.600. The summed E-state index contributed by atoms with van der Waals surface area (Å²) < 4.78 is 10.2. The van der Waals surface area contributed by atoms with Crippen LogP contribution >= 0.6 is 0 Å². The van der Waals surface area contributed by atoms with E-state index in [-0.39, 0.29) is 11.9 Å². The van der Waals surface area contributed by atoms with E-state index in [2.05, 4.69) is 5.16 Å². The van der Waals surface area contributed by atoms with E-state index in [1.165, 1.54) is 0 Å². The number of carbonyl (C=O) groups excluding carboxylic acids is 1. The average molecular weight is 210 g/mol.